The second-order valence-electron chi connectivity index (χ2n) is 4.11. The van der Waals surface area contributed by atoms with Gasteiger partial charge < -0.3 is 4.74 Å². The molecule has 86 valence electrons. The van der Waals surface area contributed by atoms with Crippen molar-refractivity contribution in [1.29, 1.82) is 0 Å². The van der Waals surface area contributed by atoms with E-state index < -0.39 is 0 Å². The summed E-state index contributed by atoms with van der Waals surface area (Å²) in [6.07, 6.45) is 6.12. The highest BCUT2D eigenvalue weighted by Gasteiger charge is 2.28. The predicted molar refractivity (Wildman–Crippen MR) is 57.4 cm³/mol. The maximum atomic E-state index is 11.3. The van der Waals surface area contributed by atoms with E-state index in [1.165, 1.54) is 0 Å². The average molecular weight is 212 g/mol. The van der Waals surface area contributed by atoms with Crippen molar-refractivity contribution in [2.24, 2.45) is 5.92 Å². The number of carbonyl (C=O) groups is 2. The van der Waals surface area contributed by atoms with Crippen molar-refractivity contribution in [2.75, 3.05) is 6.61 Å². The summed E-state index contributed by atoms with van der Waals surface area (Å²) in [4.78, 5) is 22.3. The third kappa shape index (κ3) is 5.55. The highest BCUT2D eigenvalue weighted by molar-refractivity contribution is 5.83. The summed E-state index contributed by atoms with van der Waals surface area (Å²) < 4.78 is 4.81. The van der Waals surface area contributed by atoms with Crippen LogP contribution >= 0.6 is 0 Å². The fourth-order valence-electron chi connectivity index (χ4n) is 1.59. The van der Waals surface area contributed by atoms with Crippen molar-refractivity contribution < 1.29 is 14.3 Å². The molecule has 3 heteroatoms. The lowest BCUT2D eigenvalue weighted by Crippen LogP contribution is -2.04. The fourth-order valence-corrected chi connectivity index (χ4v) is 1.59. The molecule has 0 spiro atoms. The molecular formula is C12H20O3. The standard InChI is InChI=1S/C12H20O3/c1-2-15-12(14)7-5-3-4-6-11(13)10-8-9-10/h10H,2-9H2,1H3. The van der Waals surface area contributed by atoms with Crippen LogP contribution in [0.2, 0.25) is 0 Å². The van der Waals surface area contributed by atoms with Crippen LogP contribution < -0.4 is 0 Å². The monoisotopic (exact) mass is 212 g/mol. The number of esters is 1. The third-order valence-corrected chi connectivity index (χ3v) is 2.64. The Balaban J connectivity index is 1.88. The number of rotatable bonds is 8. The van der Waals surface area contributed by atoms with E-state index in [1.54, 1.807) is 0 Å². The maximum absolute atomic E-state index is 11.3. The Bertz CT molecular complexity index is 219. The smallest absolute Gasteiger partial charge is 0.305 e. The minimum Gasteiger partial charge on any atom is -0.466 e. The van der Waals surface area contributed by atoms with E-state index in [0.29, 0.717) is 31.1 Å². The van der Waals surface area contributed by atoms with Crippen LogP contribution in [-0.2, 0) is 14.3 Å². The number of ether oxygens (including phenoxy) is 1. The number of hydrogen-bond acceptors (Lipinski definition) is 3. The number of hydrogen-bond donors (Lipinski definition) is 0. The summed E-state index contributed by atoms with van der Waals surface area (Å²) in [6.45, 7) is 2.27. The van der Waals surface area contributed by atoms with E-state index in [2.05, 4.69) is 0 Å². The van der Waals surface area contributed by atoms with E-state index in [1.807, 2.05) is 6.92 Å². The molecule has 0 radical (unpaired) electrons. The van der Waals surface area contributed by atoms with Crippen LogP contribution in [-0.4, -0.2) is 18.4 Å². The first kappa shape index (κ1) is 12.2. The lowest BCUT2D eigenvalue weighted by molar-refractivity contribution is -0.143. The maximum Gasteiger partial charge on any atom is 0.305 e. The Morgan fingerprint density at radius 3 is 2.40 bits per heavy atom. The van der Waals surface area contributed by atoms with Gasteiger partial charge in [-0.25, -0.2) is 0 Å². The van der Waals surface area contributed by atoms with E-state index in [0.717, 1.165) is 32.1 Å². The van der Waals surface area contributed by atoms with Gasteiger partial charge in [-0.3, -0.25) is 9.59 Å². The zero-order valence-corrected chi connectivity index (χ0v) is 9.46. The summed E-state index contributed by atoms with van der Waals surface area (Å²) in [6, 6.07) is 0. The van der Waals surface area contributed by atoms with Gasteiger partial charge in [0.15, 0.2) is 0 Å². The van der Waals surface area contributed by atoms with Crippen LogP contribution in [0.4, 0.5) is 0 Å². The summed E-state index contributed by atoms with van der Waals surface area (Å²) in [5.74, 6) is 0.687. The van der Waals surface area contributed by atoms with Crippen molar-refractivity contribution in [3.05, 3.63) is 0 Å². The van der Waals surface area contributed by atoms with Crippen molar-refractivity contribution in [2.45, 2.75) is 51.9 Å². The lowest BCUT2D eigenvalue weighted by atomic mass is 10.1. The first-order valence-electron chi connectivity index (χ1n) is 5.92. The van der Waals surface area contributed by atoms with Gasteiger partial charge in [-0.2, -0.15) is 0 Å². The molecule has 3 nitrogen and oxygen atoms in total. The molecule has 1 fully saturated rings. The van der Waals surface area contributed by atoms with Crippen molar-refractivity contribution in [3.63, 3.8) is 0 Å². The van der Waals surface area contributed by atoms with E-state index in [4.69, 9.17) is 4.74 Å². The molecule has 0 aliphatic heterocycles. The van der Waals surface area contributed by atoms with Crippen molar-refractivity contribution in [3.8, 4) is 0 Å². The highest BCUT2D eigenvalue weighted by atomic mass is 16.5. The highest BCUT2D eigenvalue weighted by Crippen LogP contribution is 2.31. The molecule has 1 aliphatic carbocycles. The first-order valence-corrected chi connectivity index (χ1v) is 5.92. The van der Waals surface area contributed by atoms with E-state index in [9.17, 15) is 9.59 Å². The zero-order valence-electron chi connectivity index (χ0n) is 9.46. The van der Waals surface area contributed by atoms with Crippen LogP contribution in [0.15, 0.2) is 0 Å². The molecule has 0 N–H and O–H groups in total. The van der Waals surface area contributed by atoms with Gasteiger partial charge in [-0.05, 0) is 32.6 Å². The quantitative estimate of drug-likeness (QED) is 0.458. The molecule has 1 saturated carbocycles. The number of unbranched alkanes of at least 4 members (excludes halogenated alkanes) is 2. The fraction of sp³-hybridized carbons (Fsp3) is 0.833. The Labute approximate surface area is 91.2 Å². The summed E-state index contributed by atoms with van der Waals surface area (Å²) in [7, 11) is 0. The zero-order chi connectivity index (χ0) is 11.1. The first-order chi connectivity index (χ1) is 7.24. The molecule has 0 aromatic rings. The number of Topliss-reactive ketones (excluding diaryl/α,β-unsaturated/α-hetero) is 1. The summed E-state index contributed by atoms with van der Waals surface area (Å²) in [5.41, 5.74) is 0. The molecule has 0 aromatic heterocycles. The van der Waals surface area contributed by atoms with E-state index in [-0.39, 0.29) is 5.97 Å². The van der Waals surface area contributed by atoms with Gasteiger partial charge in [-0.15, -0.1) is 0 Å². The van der Waals surface area contributed by atoms with Gasteiger partial charge in [0.2, 0.25) is 0 Å². The van der Waals surface area contributed by atoms with Crippen LogP contribution in [0.1, 0.15) is 51.9 Å². The van der Waals surface area contributed by atoms with Gasteiger partial charge in [-0.1, -0.05) is 6.42 Å². The Morgan fingerprint density at radius 1 is 1.13 bits per heavy atom. The van der Waals surface area contributed by atoms with Crippen LogP contribution in [0.5, 0.6) is 0 Å². The molecule has 0 unspecified atom stereocenters. The third-order valence-electron chi connectivity index (χ3n) is 2.64. The van der Waals surface area contributed by atoms with Crippen LogP contribution in [0.25, 0.3) is 0 Å². The summed E-state index contributed by atoms with van der Waals surface area (Å²) >= 11 is 0. The molecule has 0 amide bonds. The van der Waals surface area contributed by atoms with Crippen molar-refractivity contribution in [1.82, 2.24) is 0 Å². The molecule has 1 aliphatic rings. The van der Waals surface area contributed by atoms with Gasteiger partial charge >= 0.3 is 5.97 Å². The largest absolute Gasteiger partial charge is 0.466 e. The molecular weight excluding hydrogens is 192 g/mol. The van der Waals surface area contributed by atoms with Crippen LogP contribution in [0, 0.1) is 5.92 Å². The molecule has 1 rings (SSSR count). The molecule has 0 atom stereocenters. The Hall–Kier alpha value is -0.860. The topological polar surface area (TPSA) is 43.4 Å². The molecule has 0 bridgehead atoms. The number of ketones is 1. The Morgan fingerprint density at radius 2 is 1.80 bits per heavy atom. The molecule has 0 aromatic carbocycles. The van der Waals surface area contributed by atoms with Gasteiger partial charge in [0.05, 0.1) is 6.61 Å². The summed E-state index contributed by atoms with van der Waals surface area (Å²) in [5, 5.41) is 0. The number of carbonyl (C=O) groups excluding carboxylic acids is 2. The minimum atomic E-state index is -0.119. The normalized spacial score (nSPS) is 15.0. The molecule has 0 saturated heterocycles. The molecule has 0 heterocycles. The van der Waals surface area contributed by atoms with Gasteiger partial charge in [0, 0.05) is 18.8 Å². The Kier molecular flexibility index (Phi) is 5.37. The van der Waals surface area contributed by atoms with E-state index >= 15 is 0 Å². The lowest BCUT2D eigenvalue weighted by Gasteiger charge is -2.01. The average Bonchev–Trinajstić information content (AvgIpc) is 3.00. The van der Waals surface area contributed by atoms with Crippen molar-refractivity contribution >= 4 is 11.8 Å². The van der Waals surface area contributed by atoms with Gasteiger partial charge in [0.25, 0.3) is 0 Å². The van der Waals surface area contributed by atoms with Gasteiger partial charge in [0.1, 0.15) is 5.78 Å². The predicted octanol–water partition coefficient (Wildman–Crippen LogP) is 2.48. The second-order valence-corrected chi connectivity index (χ2v) is 4.11. The second kappa shape index (κ2) is 6.59. The molecule has 15 heavy (non-hydrogen) atoms. The van der Waals surface area contributed by atoms with Crippen LogP contribution in [0.3, 0.4) is 0 Å². The SMILES string of the molecule is CCOC(=O)CCCCCC(=O)C1CC1. The minimum absolute atomic E-state index is 0.119.